The molecular formula is C16H16F3N3OS. The molecule has 0 saturated heterocycles. The summed E-state index contributed by atoms with van der Waals surface area (Å²) in [5, 5.41) is 2.63. The van der Waals surface area contributed by atoms with Gasteiger partial charge in [-0.2, -0.15) is 0 Å². The molecule has 0 spiro atoms. The number of para-hydroxylation sites is 2. The van der Waals surface area contributed by atoms with Crippen LogP contribution in [0.1, 0.15) is 0 Å². The summed E-state index contributed by atoms with van der Waals surface area (Å²) in [7, 11) is 0. The van der Waals surface area contributed by atoms with E-state index in [9.17, 15) is 13.2 Å². The first kappa shape index (κ1) is 18.0. The highest BCUT2D eigenvalue weighted by Crippen LogP contribution is 2.29. The first-order valence-corrected chi connectivity index (χ1v) is 8.02. The first-order chi connectivity index (χ1) is 11.4. The summed E-state index contributed by atoms with van der Waals surface area (Å²) in [4.78, 5) is 5.21. The Balaban J connectivity index is 1.88. The number of nitrogens with one attached hydrogen (secondary N) is 1. The van der Waals surface area contributed by atoms with Crippen LogP contribution < -0.4 is 15.8 Å². The summed E-state index contributed by atoms with van der Waals surface area (Å²) in [6.07, 6.45) is -4.77. The highest BCUT2D eigenvalue weighted by molar-refractivity contribution is 7.99. The second kappa shape index (κ2) is 8.49. The molecule has 24 heavy (non-hydrogen) atoms. The van der Waals surface area contributed by atoms with Crippen molar-refractivity contribution in [1.82, 2.24) is 0 Å². The van der Waals surface area contributed by atoms with Gasteiger partial charge in [0.2, 0.25) is 0 Å². The van der Waals surface area contributed by atoms with Crippen molar-refractivity contribution < 1.29 is 17.9 Å². The Morgan fingerprint density at radius 3 is 2.46 bits per heavy atom. The van der Waals surface area contributed by atoms with E-state index in [4.69, 9.17) is 5.73 Å². The molecule has 2 aromatic carbocycles. The van der Waals surface area contributed by atoms with Gasteiger partial charge in [-0.3, -0.25) is 4.99 Å². The topological polar surface area (TPSA) is 59.6 Å². The minimum atomic E-state index is -4.77. The fraction of sp³-hybridized carbons (Fsp3) is 0.188. The van der Waals surface area contributed by atoms with Gasteiger partial charge in [0.05, 0.1) is 12.2 Å². The first-order valence-electron chi connectivity index (χ1n) is 7.03. The third-order valence-electron chi connectivity index (χ3n) is 2.76. The van der Waals surface area contributed by atoms with Crippen molar-refractivity contribution in [3.8, 4) is 5.75 Å². The standard InChI is InChI=1S/C16H16F3N3OS/c17-16(18,19)23-14-9-5-4-8-13(14)22-15(20)21-10-11-24-12-6-2-1-3-7-12/h1-9H,10-11H2,(H3,20,21,22). The largest absolute Gasteiger partial charge is 0.573 e. The lowest BCUT2D eigenvalue weighted by molar-refractivity contribution is -0.274. The molecule has 0 heterocycles. The van der Waals surface area contributed by atoms with Gasteiger partial charge in [0.15, 0.2) is 11.7 Å². The van der Waals surface area contributed by atoms with Crippen molar-refractivity contribution in [3.63, 3.8) is 0 Å². The fourth-order valence-corrected chi connectivity index (χ4v) is 2.58. The zero-order valence-corrected chi connectivity index (χ0v) is 13.4. The maximum atomic E-state index is 12.4. The van der Waals surface area contributed by atoms with Gasteiger partial charge in [0, 0.05) is 10.6 Å². The highest BCUT2D eigenvalue weighted by Gasteiger charge is 2.32. The van der Waals surface area contributed by atoms with E-state index in [1.807, 2.05) is 30.3 Å². The number of thioether (sulfide) groups is 1. The third kappa shape index (κ3) is 6.41. The predicted octanol–water partition coefficient (Wildman–Crippen LogP) is 4.10. The van der Waals surface area contributed by atoms with Crippen molar-refractivity contribution >= 4 is 23.4 Å². The van der Waals surface area contributed by atoms with Gasteiger partial charge < -0.3 is 15.8 Å². The summed E-state index contributed by atoms with van der Waals surface area (Å²) < 4.78 is 41.0. The van der Waals surface area contributed by atoms with Gasteiger partial charge in [-0.05, 0) is 24.3 Å². The van der Waals surface area contributed by atoms with E-state index < -0.39 is 6.36 Å². The number of nitrogens with zero attached hydrogens (tertiary/aromatic N) is 1. The molecular weight excluding hydrogens is 339 g/mol. The van der Waals surface area contributed by atoms with Crippen LogP contribution in [0.3, 0.4) is 0 Å². The molecule has 0 bridgehead atoms. The van der Waals surface area contributed by atoms with Crippen LogP contribution in [0.2, 0.25) is 0 Å². The summed E-state index contributed by atoms with van der Waals surface area (Å²) >= 11 is 1.62. The molecule has 0 aliphatic carbocycles. The third-order valence-corrected chi connectivity index (χ3v) is 3.75. The van der Waals surface area contributed by atoms with Crippen LogP contribution >= 0.6 is 11.8 Å². The van der Waals surface area contributed by atoms with Gasteiger partial charge in [0.1, 0.15) is 0 Å². The van der Waals surface area contributed by atoms with Crippen LogP contribution in [0.4, 0.5) is 18.9 Å². The molecule has 0 radical (unpaired) electrons. The summed E-state index contributed by atoms with van der Waals surface area (Å²) in [5.74, 6) is 0.372. The maximum absolute atomic E-state index is 12.4. The molecule has 4 nitrogen and oxygen atoms in total. The molecule has 128 valence electrons. The smallest absolute Gasteiger partial charge is 0.404 e. The molecule has 0 aliphatic rings. The van der Waals surface area contributed by atoms with Gasteiger partial charge in [0.25, 0.3) is 0 Å². The van der Waals surface area contributed by atoms with E-state index in [1.165, 1.54) is 18.2 Å². The lowest BCUT2D eigenvalue weighted by Crippen LogP contribution is -2.24. The van der Waals surface area contributed by atoms with Crippen LogP contribution in [-0.4, -0.2) is 24.6 Å². The Morgan fingerprint density at radius 1 is 1.08 bits per heavy atom. The van der Waals surface area contributed by atoms with E-state index in [1.54, 1.807) is 17.8 Å². The van der Waals surface area contributed by atoms with Crippen LogP contribution in [0.5, 0.6) is 5.75 Å². The van der Waals surface area contributed by atoms with Crippen LogP contribution in [0.25, 0.3) is 0 Å². The minimum absolute atomic E-state index is 0.0295. The van der Waals surface area contributed by atoms with Crippen molar-refractivity contribution in [3.05, 3.63) is 54.6 Å². The van der Waals surface area contributed by atoms with E-state index in [-0.39, 0.29) is 17.4 Å². The second-order valence-electron chi connectivity index (χ2n) is 4.60. The van der Waals surface area contributed by atoms with Gasteiger partial charge >= 0.3 is 6.36 Å². The Bertz CT molecular complexity index is 678. The Morgan fingerprint density at radius 2 is 1.75 bits per heavy atom. The molecule has 3 N–H and O–H groups in total. The number of halogens is 3. The highest BCUT2D eigenvalue weighted by atomic mass is 32.2. The summed E-state index contributed by atoms with van der Waals surface area (Å²) in [5.41, 5.74) is 5.81. The van der Waals surface area contributed by atoms with Crippen LogP contribution in [0.15, 0.2) is 64.5 Å². The number of benzene rings is 2. The Hall–Kier alpha value is -2.35. The van der Waals surface area contributed by atoms with E-state index in [0.717, 1.165) is 4.90 Å². The number of guanidine groups is 1. The Labute approximate surface area is 141 Å². The lowest BCUT2D eigenvalue weighted by Gasteiger charge is -2.14. The Kier molecular flexibility index (Phi) is 6.36. The molecule has 0 saturated carbocycles. The number of aliphatic imine (C=N–C) groups is 1. The van der Waals surface area contributed by atoms with Gasteiger partial charge in [-0.15, -0.1) is 24.9 Å². The number of anilines is 1. The number of rotatable bonds is 6. The zero-order valence-electron chi connectivity index (χ0n) is 12.6. The number of hydrogen-bond acceptors (Lipinski definition) is 3. The second-order valence-corrected chi connectivity index (χ2v) is 5.77. The molecule has 0 unspecified atom stereocenters. The summed E-state index contributed by atoms with van der Waals surface area (Å²) in [6, 6.07) is 15.4. The van der Waals surface area contributed by atoms with E-state index in [0.29, 0.717) is 12.3 Å². The molecule has 0 amide bonds. The molecule has 8 heteroatoms. The lowest BCUT2D eigenvalue weighted by atomic mass is 10.3. The fourth-order valence-electron chi connectivity index (χ4n) is 1.81. The minimum Gasteiger partial charge on any atom is -0.404 e. The SMILES string of the molecule is NC(=NCCSc1ccccc1)Nc1ccccc1OC(F)(F)F. The number of alkyl halides is 3. The quantitative estimate of drug-likeness (QED) is 0.354. The maximum Gasteiger partial charge on any atom is 0.573 e. The number of ether oxygens (including phenoxy) is 1. The van der Waals surface area contributed by atoms with Gasteiger partial charge in [-0.25, -0.2) is 0 Å². The molecule has 2 aromatic rings. The zero-order chi connectivity index (χ0) is 17.4. The van der Waals surface area contributed by atoms with Crippen LogP contribution in [0, 0.1) is 0 Å². The molecule has 2 rings (SSSR count). The number of nitrogens with two attached hydrogens (primary N) is 1. The van der Waals surface area contributed by atoms with E-state index >= 15 is 0 Å². The molecule has 0 aromatic heterocycles. The summed E-state index contributed by atoms with van der Waals surface area (Å²) in [6.45, 7) is 0.431. The van der Waals surface area contributed by atoms with Crippen molar-refractivity contribution in [1.29, 1.82) is 0 Å². The molecule has 0 atom stereocenters. The van der Waals surface area contributed by atoms with Crippen LogP contribution in [-0.2, 0) is 0 Å². The molecule has 0 aliphatic heterocycles. The monoisotopic (exact) mass is 355 g/mol. The normalized spacial score (nSPS) is 12.0. The average Bonchev–Trinajstić information content (AvgIpc) is 2.53. The average molecular weight is 355 g/mol. The molecule has 0 fully saturated rings. The van der Waals surface area contributed by atoms with Gasteiger partial charge in [-0.1, -0.05) is 30.3 Å². The van der Waals surface area contributed by atoms with Crippen molar-refractivity contribution in [2.75, 3.05) is 17.6 Å². The van der Waals surface area contributed by atoms with Crippen molar-refractivity contribution in [2.24, 2.45) is 10.7 Å². The number of hydrogen-bond donors (Lipinski definition) is 2. The predicted molar refractivity (Wildman–Crippen MR) is 90.4 cm³/mol. The van der Waals surface area contributed by atoms with E-state index in [2.05, 4.69) is 15.0 Å². The van der Waals surface area contributed by atoms with Crippen molar-refractivity contribution in [2.45, 2.75) is 11.3 Å².